The minimum absolute atomic E-state index is 0.0449. The monoisotopic (exact) mass is 289 g/mol. The number of ether oxygens (including phenoxy) is 1. The third kappa shape index (κ3) is 4.46. The molecule has 0 heterocycles. The van der Waals surface area contributed by atoms with Crippen LogP contribution in [0.1, 0.15) is 24.5 Å². The molecule has 0 saturated carbocycles. The van der Waals surface area contributed by atoms with Gasteiger partial charge in [-0.3, -0.25) is 0 Å². The lowest BCUT2D eigenvalue weighted by Crippen LogP contribution is -2.21. The molecule has 0 bridgehead atoms. The first kappa shape index (κ1) is 15.3. The largest absolute Gasteiger partial charge is 0.508 e. The van der Waals surface area contributed by atoms with E-state index >= 15 is 0 Å². The lowest BCUT2D eigenvalue weighted by atomic mass is 10.0. The highest BCUT2D eigenvalue weighted by atomic mass is 19.1. The van der Waals surface area contributed by atoms with Gasteiger partial charge in [-0.1, -0.05) is 25.1 Å². The van der Waals surface area contributed by atoms with Gasteiger partial charge in [-0.15, -0.1) is 0 Å². The van der Waals surface area contributed by atoms with Gasteiger partial charge in [-0.05, 0) is 48.2 Å². The third-order valence-corrected chi connectivity index (χ3v) is 3.32. The first-order valence-electron chi connectivity index (χ1n) is 7.03. The van der Waals surface area contributed by atoms with Crippen LogP contribution in [-0.4, -0.2) is 11.1 Å². The number of phenolic OH excluding ortho intramolecular Hbond substituents is 1. The Morgan fingerprint density at radius 1 is 1.19 bits per heavy atom. The zero-order valence-electron chi connectivity index (χ0n) is 12.1. The van der Waals surface area contributed by atoms with Gasteiger partial charge in [0.05, 0.1) is 0 Å². The van der Waals surface area contributed by atoms with Crippen molar-refractivity contribution in [1.82, 2.24) is 0 Å². The molecule has 0 spiro atoms. The van der Waals surface area contributed by atoms with Gasteiger partial charge in [0.1, 0.15) is 12.4 Å². The molecule has 21 heavy (non-hydrogen) atoms. The van der Waals surface area contributed by atoms with Crippen LogP contribution in [0.2, 0.25) is 0 Å². The van der Waals surface area contributed by atoms with E-state index in [-0.39, 0.29) is 24.1 Å². The zero-order chi connectivity index (χ0) is 15.2. The molecule has 0 aliphatic carbocycles. The van der Waals surface area contributed by atoms with Crippen LogP contribution in [0.5, 0.6) is 11.5 Å². The van der Waals surface area contributed by atoms with Crippen LogP contribution in [0.3, 0.4) is 0 Å². The number of phenols is 1. The standard InChI is InChI=1S/C17H20FNO2/c1-2-14(19)8-12-6-7-17(16(18)10-12)21-11-13-4-3-5-15(20)9-13/h3-7,9-10,14,20H,2,8,11,19H2,1H3. The molecule has 4 heteroatoms. The van der Waals surface area contributed by atoms with Gasteiger partial charge in [0.25, 0.3) is 0 Å². The molecular formula is C17H20FNO2. The summed E-state index contributed by atoms with van der Waals surface area (Å²) in [5.41, 5.74) is 7.52. The van der Waals surface area contributed by atoms with Crippen LogP contribution in [-0.2, 0) is 13.0 Å². The SMILES string of the molecule is CCC(N)Cc1ccc(OCc2cccc(O)c2)c(F)c1. The van der Waals surface area contributed by atoms with Gasteiger partial charge in [-0.25, -0.2) is 4.39 Å². The number of hydrogen-bond acceptors (Lipinski definition) is 3. The minimum Gasteiger partial charge on any atom is -0.508 e. The summed E-state index contributed by atoms with van der Waals surface area (Å²) >= 11 is 0. The maximum atomic E-state index is 14.0. The second-order valence-electron chi connectivity index (χ2n) is 5.10. The van der Waals surface area contributed by atoms with Crippen molar-refractivity contribution in [2.45, 2.75) is 32.4 Å². The Morgan fingerprint density at radius 3 is 2.67 bits per heavy atom. The molecule has 2 aromatic rings. The third-order valence-electron chi connectivity index (χ3n) is 3.32. The van der Waals surface area contributed by atoms with Gasteiger partial charge in [0.15, 0.2) is 11.6 Å². The van der Waals surface area contributed by atoms with Crippen LogP contribution >= 0.6 is 0 Å². The summed E-state index contributed by atoms with van der Waals surface area (Å²) in [4.78, 5) is 0. The highest BCUT2D eigenvalue weighted by Crippen LogP contribution is 2.21. The molecule has 0 aliphatic heterocycles. The van der Waals surface area contributed by atoms with Gasteiger partial charge in [0.2, 0.25) is 0 Å². The van der Waals surface area contributed by atoms with Crippen molar-refractivity contribution >= 4 is 0 Å². The number of nitrogens with two attached hydrogens (primary N) is 1. The summed E-state index contributed by atoms with van der Waals surface area (Å²) in [6.07, 6.45) is 1.51. The van der Waals surface area contributed by atoms with Gasteiger partial charge >= 0.3 is 0 Å². The smallest absolute Gasteiger partial charge is 0.165 e. The van der Waals surface area contributed by atoms with E-state index in [4.69, 9.17) is 10.5 Å². The van der Waals surface area contributed by atoms with E-state index in [1.165, 1.54) is 6.07 Å². The fourth-order valence-electron chi connectivity index (χ4n) is 2.04. The Bertz CT molecular complexity index is 601. The molecular weight excluding hydrogens is 269 g/mol. The van der Waals surface area contributed by atoms with E-state index in [1.54, 1.807) is 24.3 Å². The molecule has 3 N–H and O–H groups in total. The molecule has 3 nitrogen and oxygen atoms in total. The Kier molecular flexibility index (Phi) is 5.17. The van der Waals surface area contributed by atoms with Crippen molar-refractivity contribution in [1.29, 1.82) is 0 Å². The highest BCUT2D eigenvalue weighted by molar-refractivity contribution is 5.31. The summed E-state index contributed by atoms with van der Waals surface area (Å²) in [7, 11) is 0. The fourth-order valence-corrected chi connectivity index (χ4v) is 2.04. The molecule has 2 aromatic carbocycles. The van der Waals surface area contributed by atoms with Crippen molar-refractivity contribution in [2.75, 3.05) is 0 Å². The van der Waals surface area contributed by atoms with Gasteiger partial charge < -0.3 is 15.6 Å². The Hall–Kier alpha value is -2.07. The average molecular weight is 289 g/mol. The first-order chi connectivity index (χ1) is 10.1. The first-order valence-corrected chi connectivity index (χ1v) is 7.03. The van der Waals surface area contributed by atoms with Crippen molar-refractivity contribution in [3.05, 3.63) is 59.4 Å². The second kappa shape index (κ2) is 7.09. The number of benzene rings is 2. The molecule has 112 valence electrons. The lowest BCUT2D eigenvalue weighted by Gasteiger charge is -2.11. The molecule has 0 aliphatic rings. The normalized spacial score (nSPS) is 12.1. The summed E-state index contributed by atoms with van der Waals surface area (Å²) in [5, 5.41) is 9.37. The van der Waals surface area contributed by atoms with Crippen molar-refractivity contribution in [3.63, 3.8) is 0 Å². The maximum absolute atomic E-state index is 14.0. The predicted octanol–water partition coefficient (Wildman–Crippen LogP) is 3.39. The Balaban J connectivity index is 2.01. The zero-order valence-corrected chi connectivity index (χ0v) is 12.1. The predicted molar refractivity (Wildman–Crippen MR) is 80.8 cm³/mol. The Labute approximate surface area is 124 Å². The number of halogens is 1. The number of aromatic hydroxyl groups is 1. The summed E-state index contributed by atoms with van der Waals surface area (Å²) < 4.78 is 19.4. The van der Waals surface area contributed by atoms with Gasteiger partial charge in [0, 0.05) is 6.04 Å². The average Bonchev–Trinajstić information content (AvgIpc) is 2.46. The molecule has 0 aromatic heterocycles. The molecule has 0 fully saturated rings. The molecule has 1 atom stereocenters. The van der Waals surface area contributed by atoms with Crippen LogP contribution in [0.4, 0.5) is 4.39 Å². The van der Waals surface area contributed by atoms with E-state index in [0.717, 1.165) is 17.5 Å². The van der Waals surface area contributed by atoms with Crippen LogP contribution < -0.4 is 10.5 Å². The molecule has 0 amide bonds. The van der Waals surface area contributed by atoms with Crippen LogP contribution in [0.15, 0.2) is 42.5 Å². The second-order valence-corrected chi connectivity index (χ2v) is 5.10. The van der Waals surface area contributed by atoms with E-state index in [2.05, 4.69) is 0 Å². The Morgan fingerprint density at radius 2 is 2.00 bits per heavy atom. The summed E-state index contributed by atoms with van der Waals surface area (Å²) in [5.74, 6) is -0.0245. The van der Waals surface area contributed by atoms with E-state index < -0.39 is 5.82 Å². The van der Waals surface area contributed by atoms with Crippen LogP contribution in [0.25, 0.3) is 0 Å². The summed E-state index contributed by atoms with van der Waals surface area (Å²) in [6.45, 7) is 2.22. The molecule has 2 rings (SSSR count). The quantitative estimate of drug-likeness (QED) is 0.857. The molecule has 1 unspecified atom stereocenters. The van der Waals surface area contributed by atoms with Crippen molar-refractivity contribution in [2.24, 2.45) is 5.73 Å². The topological polar surface area (TPSA) is 55.5 Å². The number of hydrogen-bond donors (Lipinski definition) is 2. The van der Waals surface area contributed by atoms with E-state index in [1.807, 2.05) is 19.1 Å². The van der Waals surface area contributed by atoms with Crippen molar-refractivity contribution < 1.29 is 14.2 Å². The van der Waals surface area contributed by atoms with Crippen LogP contribution in [0, 0.1) is 5.82 Å². The highest BCUT2D eigenvalue weighted by Gasteiger charge is 2.08. The number of rotatable bonds is 6. The molecule has 0 radical (unpaired) electrons. The summed E-state index contributed by atoms with van der Waals surface area (Å²) in [6, 6.07) is 11.7. The lowest BCUT2D eigenvalue weighted by molar-refractivity contribution is 0.289. The van der Waals surface area contributed by atoms with Gasteiger partial charge in [-0.2, -0.15) is 0 Å². The maximum Gasteiger partial charge on any atom is 0.165 e. The van der Waals surface area contributed by atoms with E-state index in [9.17, 15) is 9.50 Å². The fraction of sp³-hybridized carbons (Fsp3) is 0.294. The minimum atomic E-state index is -0.393. The van der Waals surface area contributed by atoms with E-state index in [0.29, 0.717) is 6.42 Å². The van der Waals surface area contributed by atoms with Crippen molar-refractivity contribution in [3.8, 4) is 11.5 Å². The molecule has 0 saturated heterocycles.